The predicted molar refractivity (Wildman–Crippen MR) is 67.4 cm³/mol. The van der Waals surface area contributed by atoms with Crippen molar-refractivity contribution in [3.05, 3.63) is 47.4 Å². The van der Waals surface area contributed by atoms with Crippen molar-refractivity contribution in [2.75, 3.05) is 7.11 Å². The third-order valence-electron chi connectivity index (χ3n) is 2.57. The van der Waals surface area contributed by atoms with Gasteiger partial charge in [-0.1, -0.05) is 0 Å². The van der Waals surface area contributed by atoms with Crippen LogP contribution in [0.1, 0.15) is 27.5 Å². The molecule has 100 valence electrons. The van der Waals surface area contributed by atoms with E-state index in [9.17, 15) is 4.79 Å². The molecule has 0 bridgehead atoms. The van der Waals surface area contributed by atoms with Crippen molar-refractivity contribution in [2.45, 2.75) is 20.0 Å². The molecule has 0 aliphatic heterocycles. The Bertz CT molecular complexity index is 549. The highest BCUT2D eigenvalue weighted by atomic mass is 16.5. The number of esters is 1. The first kappa shape index (κ1) is 13.2. The van der Waals surface area contributed by atoms with Crippen molar-refractivity contribution in [3.63, 3.8) is 0 Å². The van der Waals surface area contributed by atoms with E-state index < -0.39 is 5.97 Å². The Labute approximate surface area is 110 Å². The topological polar surface area (TPSA) is 77.2 Å². The first-order valence-corrected chi connectivity index (χ1v) is 5.83. The summed E-state index contributed by atoms with van der Waals surface area (Å²) >= 11 is 0. The SMILES string of the molecule is COC(=O)c1occc1CNCc1cnc(C)cn1. The second-order valence-electron chi connectivity index (χ2n) is 4.02. The summed E-state index contributed by atoms with van der Waals surface area (Å²) in [7, 11) is 1.32. The van der Waals surface area contributed by atoms with Gasteiger partial charge in [0.05, 0.1) is 24.8 Å². The third-order valence-corrected chi connectivity index (χ3v) is 2.57. The molecule has 0 saturated heterocycles. The largest absolute Gasteiger partial charge is 0.463 e. The summed E-state index contributed by atoms with van der Waals surface area (Å²) < 4.78 is 9.72. The molecule has 2 aromatic heterocycles. The van der Waals surface area contributed by atoms with E-state index in [1.807, 2.05) is 6.92 Å². The van der Waals surface area contributed by atoms with Gasteiger partial charge in [-0.05, 0) is 13.0 Å². The van der Waals surface area contributed by atoms with Crippen LogP contribution in [0.3, 0.4) is 0 Å². The maximum Gasteiger partial charge on any atom is 0.374 e. The van der Waals surface area contributed by atoms with Gasteiger partial charge in [-0.25, -0.2) is 4.79 Å². The molecule has 19 heavy (non-hydrogen) atoms. The van der Waals surface area contributed by atoms with Gasteiger partial charge in [-0.2, -0.15) is 0 Å². The van der Waals surface area contributed by atoms with Crippen LogP contribution in [0.4, 0.5) is 0 Å². The summed E-state index contributed by atoms with van der Waals surface area (Å²) in [6.45, 7) is 2.95. The highest BCUT2D eigenvalue weighted by molar-refractivity contribution is 5.87. The van der Waals surface area contributed by atoms with Crippen LogP contribution in [0, 0.1) is 6.92 Å². The van der Waals surface area contributed by atoms with E-state index in [1.165, 1.54) is 13.4 Å². The first-order valence-electron chi connectivity index (χ1n) is 5.83. The number of hydrogen-bond donors (Lipinski definition) is 1. The molecular formula is C13H15N3O3. The molecule has 0 saturated carbocycles. The molecule has 0 aliphatic carbocycles. The summed E-state index contributed by atoms with van der Waals surface area (Å²) in [4.78, 5) is 19.8. The fourth-order valence-corrected chi connectivity index (χ4v) is 1.58. The zero-order valence-electron chi connectivity index (χ0n) is 10.8. The van der Waals surface area contributed by atoms with Crippen molar-refractivity contribution >= 4 is 5.97 Å². The van der Waals surface area contributed by atoms with Crippen LogP contribution in [0.15, 0.2) is 29.1 Å². The van der Waals surface area contributed by atoms with Gasteiger partial charge >= 0.3 is 5.97 Å². The van der Waals surface area contributed by atoms with Crippen LogP contribution in [-0.2, 0) is 17.8 Å². The zero-order chi connectivity index (χ0) is 13.7. The molecule has 0 amide bonds. The van der Waals surface area contributed by atoms with Crippen molar-refractivity contribution in [1.29, 1.82) is 0 Å². The normalized spacial score (nSPS) is 10.4. The standard InChI is InChI=1S/C13H15N3O3/c1-9-5-16-11(8-15-9)7-14-6-10-3-4-19-12(10)13(17)18-2/h3-5,8,14H,6-7H2,1-2H3. The number of methoxy groups -OCH3 is 1. The van der Waals surface area contributed by atoms with E-state index in [2.05, 4.69) is 20.0 Å². The Morgan fingerprint density at radius 3 is 2.89 bits per heavy atom. The van der Waals surface area contributed by atoms with Gasteiger partial charge in [-0.15, -0.1) is 0 Å². The van der Waals surface area contributed by atoms with Crippen LogP contribution in [0.2, 0.25) is 0 Å². The summed E-state index contributed by atoms with van der Waals surface area (Å²) in [5, 5.41) is 3.17. The molecule has 0 atom stereocenters. The lowest BCUT2D eigenvalue weighted by Crippen LogP contribution is -2.15. The number of aryl methyl sites for hydroxylation is 1. The summed E-state index contributed by atoms with van der Waals surface area (Å²) in [6.07, 6.45) is 4.91. The van der Waals surface area contributed by atoms with E-state index in [0.717, 1.165) is 17.0 Å². The van der Waals surface area contributed by atoms with Gasteiger partial charge in [0.15, 0.2) is 0 Å². The molecule has 0 aliphatic rings. The minimum atomic E-state index is -0.475. The number of aromatic nitrogens is 2. The lowest BCUT2D eigenvalue weighted by atomic mass is 10.2. The van der Waals surface area contributed by atoms with Gasteiger partial charge < -0.3 is 14.5 Å². The third kappa shape index (κ3) is 3.38. The fraction of sp³-hybridized carbons (Fsp3) is 0.308. The maximum atomic E-state index is 11.4. The van der Waals surface area contributed by atoms with Crippen LogP contribution < -0.4 is 5.32 Å². The minimum Gasteiger partial charge on any atom is -0.463 e. The molecular weight excluding hydrogens is 246 g/mol. The molecule has 0 unspecified atom stereocenters. The molecule has 0 aromatic carbocycles. The first-order chi connectivity index (χ1) is 9.20. The molecule has 0 fully saturated rings. The number of nitrogens with one attached hydrogen (secondary N) is 1. The van der Waals surface area contributed by atoms with E-state index in [1.54, 1.807) is 18.5 Å². The van der Waals surface area contributed by atoms with Gasteiger partial charge in [0.2, 0.25) is 5.76 Å². The van der Waals surface area contributed by atoms with Gasteiger partial charge in [0, 0.05) is 31.0 Å². The number of rotatable bonds is 5. The fourth-order valence-electron chi connectivity index (χ4n) is 1.58. The van der Waals surface area contributed by atoms with Crippen LogP contribution >= 0.6 is 0 Å². The number of nitrogens with zero attached hydrogens (tertiary/aromatic N) is 2. The van der Waals surface area contributed by atoms with Gasteiger partial charge in [0.25, 0.3) is 0 Å². The Kier molecular flexibility index (Phi) is 4.25. The molecule has 2 heterocycles. The molecule has 0 spiro atoms. The van der Waals surface area contributed by atoms with E-state index in [4.69, 9.17) is 4.42 Å². The summed E-state index contributed by atoms with van der Waals surface area (Å²) in [5.74, 6) is -0.248. The lowest BCUT2D eigenvalue weighted by Gasteiger charge is -2.04. The van der Waals surface area contributed by atoms with Crippen LogP contribution in [-0.4, -0.2) is 23.0 Å². The van der Waals surface area contributed by atoms with Gasteiger partial charge in [0.1, 0.15) is 0 Å². The second kappa shape index (κ2) is 6.10. The Morgan fingerprint density at radius 1 is 1.37 bits per heavy atom. The molecule has 0 radical (unpaired) electrons. The van der Waals surface area contributed by atoms with E-state index in [-0.39, 0.29) is 5.76 Å². The summed E-state index contributed by atoms with van der Waals surface area (Å²) in [6, 6.07) is 1.74. The van der Waals surface area contributed by atoms with Crippen molar-refractivity contribution in [3.8, 4) is 0 Å². The van der Waals surface area contributed by atoms with Crippen molar-refractivity contribution < 1.29 is 13.9 Å². The monoisotopic (exact) mass is 261 g/mol. The number of furan rings is 1. The number of carbonyl (C=O) groups excluding carboxylic acids is 1. The quantitative estimate of drug-likeness (QED) is 0.821. The average Bonchev–Trinajstić information content (AvgIpc) is 2.88. The van der Waals surface area contributed by atoms with Crippen LogP contribution in [0.25, 0.3) is 0 Å². The number of ether oxygens (including phenoxy) is 1. The molecule has 2 rings (SSSR count). The lowest BCUT2D eigenvalue weighted by molar-refractivity contribution is 0.0563. The molecule has 6 heteroatoms. The molecule has 1 N–H and O–H groups in total. The van der Waals surface area contributed by atoms with Crippen molar-refractivity contribution in [1.82, 2.24) is 15.3 Å². The number of hydrogen-bond acceptors (Lipinski definition) is 6. The smallest absolute Gasteiger partial charge is 0.374 e. The summed E-state index contributed by atoms with van der Waals surface area (Å²) in [5.41, 5.74) is 2.48. The highest BCUT2D eigenvalue weighted by Crippen LogP contribution is 2.11. The Balaban J connectivity index is 1.91. The number of carbonyl (C=O) groups is 1. The highest BCUT2D eigenvalue weighted by Gasteiger charge is 2.15. The molecule has 2 aromatic rings. The zero-order valence-corrected chi connectivity index (χ0v) is 10.8. The molecule has 6 nitrogen and oxygen atoms in total. The van der Waals surface area contributed by atoms with Crippen LogP contribution in [0.5, 0.6) is 0 Å². The van der Waals surface area contributed by atoms with Gasteiger partial charge in [-0.3, -0.25) is 9.97 Å². The van der Waals surface area contributed by atoms with E-state index in [0.29, 0.717) is 13.1 Å². The predicted octanol–water partition coefficient (Wildman–Crippen LogP) is 1.45. The minimum absolute atomic E-state index is 0.227. The Hall–Kier alpha value is -2.21. The van der Waals surface area contributed by atoms with Crippen molar-refractivity contribution in [2.24, 2.45) is 0 Å². The Morgan fingerprint density at radius 2 is 2.21 bits per heavy atom. The average molecular weight is 261 g/mol. The maximum absolute atomic E-state index is 11.4. The second-order valence-corrected chi connectivity index (χ2v) is 4.02. The van der Waals surface area contributed by atoms with E-state index >= 15 is 0 Å².